The number of carbonyl (C=O) groups is 2. The van der Waals surface area contributed by atoms with E-state index in [-0.39, 0.29) is 49.5 Å². The molecule has 40 heavy (non-hydrogen) atoms. The van der Waals surface area contributed by atoms with Gasteiger partial charge < -0.3 is 15.0 Å². The Bertz CT molecular complexity index is 1280. The van der Waals surface area contributed by atoms with Crippen LogP contribution < -0.4 is 14.4 Å². The minimum atomic E-state index is -4.63. The zero-order valence-electron chi connectivity index (χ0n) is 22.9. The molecule has 1 atom stereocenters. The molecule has 0 saturated heterocycles. The van der Waals surface area contributed by atoms with Crippen LogP contribution in [0.15, 0.2) is 48.5 Å². The SMILES string of the molecule is COc1cccc(CN(C(=O)CCCN(c2cccc(C(F)(F)F)c2)S(C)(=O)=O)[C@H](C)C(=O)NC2CCCC2)c1. The van der Waals surface area contributed by atoms with Crippen molar-refractivity contribution >= 4 is 27.5 Å². The Morgan fingerprint density at radius 3 is 2.40 bits per heavy atom. The second-order valence-electron chi connectivity index (χ2n) is 10.0. The molecule has 2 aromatic rings. The topological polar surface area (TPSA) is 96.0 Å². The van der Waals surface area contributed by atoms with E-state index in [1.165, 1.54) is 18.1 Å². The predicted octanol–water partition coefficient (Wildman–Crippen LogP) is 4.74. The monoisotopic (exact) mass is 583 g/mol. The summed E-state index contributed by atoms with van der Waals surface area (Å²) in [5.41, 5.74) is -0.362. The van der Waals surface area contributed by atoms with E-state index in [4.69, 9.17) is 4.74 Å². The fourth-order valence-electron chi connectivity index (χ4n) is 4.78. The fourth-order valence-corrected chi connectivity index (χ4v) is 5.74. The second kappa shape index (κ2) is 13.4. The number of alkyl halides is 3. The van der Waals surface area contributed by atoms with Gasteiger partial charge in [0, 0.05) is 25.6 Å². The average molecular weight is 584 g/mol. The number of benzene rings is 2. The number of nitrogens with zero attached hydrogens (tertiary/aromatic N) is 2. The molecule has 0 spiro atoms. The highest BCUT2D eigenvalue weighted by Crippen LogP contribution is 2.32. The molecule has 1 N–H and O–H groups in total. The lowest BCUT2D eigenvalue weighted by Gasteiger charge is -2.30. The van der Waals surface area contributed by atoms with Crippen molar-refractivity contribution in [2.24, 2.45) is 0 Å². The van der Waals surface area contributed by atoms with Crippen molar-refractivity contribution in [2.75, 3.05) is 24.2 Å². The molecule has 0 radical (unpaired) electrons. The number of sulfonamides is 1. The summed E-state index contributed by atoms with van der Waals surface area (Å²) in [6, 6.07) is 10.4. The van der Waals surface area contributed by atoms with Crippen LogP contribution in [0.1, 0.15) is 56.6 Å². The lowest BCUT2D eigenvalue weighted by atomic mass is 10.1. The first-order chi connectivity index (χ1) is 18.8. The first-order valence-corrected chi connectivity index (χ1v) is 15.0. The van der Waals surface area contributed by atoms with Crippen LogP contribution >= 0.6 is 0 Å². The third kappa shape index (κ3) is 8.61. The van der Waals surface area contributed by atoms with Crippen LogP contribution in [0.2, 0.25) is 0 Å². The summed E-state index contributed by atoms with van der Waals surface area (Å²) in [5.74, 6) is -0.0582. The average Bonchev–Trinajstić information content (AvgIpc) is 3.41. The van der Waals surface area contributed by atoms with E-state index in [0.717, 1.165) is 60.0 Å². The van der Waals surface area contributed by atoms with Gasteiger partial charge >= 0.3 is 6.18 Å². The number of hydrogen-bond acceptors (Lipinski definition) is 5. The minimum absolute atomic E-state index is 0.0354. The van der Waals surface area contributed by atoms with Crippen LogP contribution in [0.4, 0.5) is 18.9 Å². The molecule has 2 aromatic carbocycles. The molecule has 0 aromatic heterocycles. The normalized spacial score (nSPS) is 14.9. The number of methoxy groups -OCH3 is 1. The van der Waals surface area contributed by atoms with E-state index in [9.17, 15) is 31.2 Å². The van der Waals surface area contributed by atoms with Gasteiger partial charge in [-0.25, -0.2) is 8.42 Å². The van der Waals surface area contributed by atoms with Crippen molar-refractivity contribution in [3.05, 3.63) is 59.7 Å². The number of hydrogen-bond donors (Lipinski definition) is 1. The number of anilines is 1. The summed E-state index contributed by atoms with van der Waals surface area (Å²) in [6.07, 6.45) is 0.0373. The molecule has 12 heteroatoms. The summed E-state index contributed by atoms with van der Waals surface area (Å²) in [7, 11) is -2.41. The van der Waals surface area contributed by atoms with Crippen LogP contribution in [0.5, 0.6) is 5.75 Å². The van der Waals surface area contributed by atoms with Crippen molar-refractivity contribution < 1.29 is 35.9 Å². The predicted molar refractivity (Wildman–Crippen MR) is 146 cm³/mol. The third-order valence-electron chi connectivity index (χ3n) is 6.97. The third-order valence-corrected chi connectivity index (χ3v) is 8.16. The van der Waals surface area contributed by atoms with Gasteiger partial charge in [0.25, 0.3) is 0 Å². The number of rotatable bonds is 12. The molecule has 0 unspecified atom stereocenters. The molecular formula is C28H36F3N3O5S. The molecule has 0 heterocycles. The fraction of sp³-hybridized carbons (Fsp3) is 0.500. The summed E-state index contributed by atoms with van der Waals surface area (Å²) in [4.78, 5) is 27.9. The minimum Gasteiger partial charge on any atom is -0.497 e. The standard InChI is InChI=1S/C28H36F3N3O5S/c1-20(27(36)32-23-11-4-5-12-23)33(19-21-9-6-14-25(17-21)39-2)26(35)15-8-16-34(40(3,37)38)24-13-7-10-22(18-24)28(29,30)31/h6-7,9-10,13-14,17-18,20,23H,4-5,8,11-12,15-16,19H2,1-3H3,(H,32,36)/t20-/m1/s1. The van der Waals surface area contributed by atoms with Gasteiger partial charge in [0.15, 0.2) is 0 Å². The molecule has 1 saturated carbocycles. The summed E-state index contributed by atoms with van der Waals surface area (Å²) >= 11 is 0. The summed E-state index contributed by atoms with van der Waals surface area (Å²) in [5, 5.41) is 3.02. The summed E-state index contributed by atoms with van der Waals surface area (Å²) < 4.78 is 70.7. The number of nitrogens with one attached hydrogen (secondary N) is 1. The van der Waals surface area contributed by atoms with Gasteiger partial charge in [-0.15, -0.1) is 0 Å². The van der Waals surface area contributed by atoms with Crippen LogP contribution in [0.3, 0.4) is 0 Å². The smallest absolute Gasteiger partial charge is 0.416 e. The Labute approximate surface area is 233 Å². The first kappa shape index (κ1) is 31.3. The van der Waals surface area contributed by atoms with Crippen LogP contribution in [-0.2, 0) is 32.3 Å². The summed E-state index contributed by atoms with van der Waals surface area (Å²) in [6.45, 7) is 1.56. The maximum absolute atomic E-state index is 13.4. The molecule has 220 valence electrons. The Morgan fingerprint density at radius 2 is 1.77 bits per heavy atom. The molecule has 1 aliphatic carbocycles. The molecule has 0 aliphatic heterocycles. The highest BCUT2D eigenvalue weighted by atomic mass is 32.2. The van der Waals surface area contributed by atoms with Gasteiger partial charge in [-0.05, 0) is 62.1 Å². The highest BCUT2D eigenvalue weighted by molar-refractivity contribution is 7.92. The Morgan fingerprint density at radius 1 is 1.10 bits per heavy atom. The molecular weight excluding hydrogens is 547 g/mol. The highest BCUT2D eigenvalue weighted by Gasteiger charge is 2.32. The Kier molecular flexibility index (Phi) is 10.5. The van der Waals surface area contributed by atoms with Crippen molar-refractivity contribution in [2.45, 2.75) is 70.3 Å². The van der Waals surface area contributed by atoms with E-state index in [1.807, 2.05) is 6.07 Å². The molecule has 3 rings (SSSR count). The van der Waals surface area contributed by atoms with Crippen molar-refractivity contribution in [3.8, 4) is 5.75 Å². The maximum atomic E-state index is 13.4. The molecule has 1 aliphatic rings. The lowest BCUT2D eigenvalue weighted by Crippen LogP contribution is -2.49. The van der Waals surface area contributed by atoms with Gasteiger partial charge in [-0.1, -0.05) is 31.0 Å². The van der Waals surface area contributed by atoms with Crippen LogP contribution in [0, 0.1) is 0 Å². The molecule has 2 amide bonds. The Balaban J connectivity index is 1.76. The second-order valence-corrected chi connectivity index (χ2v) is 11.9. The molecule has 1 fully saturated rings. The largest absolute Gasteiger partial charge is 0.497 e. The van der Waals surface area contributed by atoms with Gasteiger partial charge in [0.1, 0.15) is 11.8 Å². The number of ether oxygens (including phenoxy) is 1. The van der Waals surface area contributed by atoms with Gasteiger partial charge in [0.2, 0.25) is 21.8 Å². The molecule has 8 nitrogen and oxygen atoms in total. The van der Waals surface area contributed by atoms with Crippen molar-refractivity contribution in [1.29, 1.82) is 0 Å². The van der Waals surface area contributed by atoms with E-state index >= 15 is 0 Å². The van der Waals surface area contributed by atoms with E-state index in [1.54, 1.807) is 25.1 Å². The number of amides is 2. The first-order valence-electron chi connectivity index (χ1n) is 13.2. The van der Waals surface area contributed by atoms with Gasteiger partial charge in [0.05, 0.1) is 24.6 Å². The van der Waals surface area contributed by atoms with E-state index in [0.29, 0.717) is 5.75 Å². The van der Waals surface area contributed by atoms with E-state index in [2.05, 4.69) is 5.32 Å². The van der Waals surface area contributed by atoms with Crippen molar-refractivity contribution in [1.82, 2.24) is 10.2 Å². The quantitative estimate of drug-likeness (QED) is 0.390. The van der Waals surface area contributed by atoms with Crippen molar-refractivity contribution in [3.63, 3.8) is 0 Å². The number of halogens is 3. The zero-order valence-corrected chi connectivity index (χ0v) is 23.7. The molecule has 0 bridgehead atoms. The van der Waals surface area contributed by atoms with Gasteiger partial charge in [-0.3, -0.25) is 13.9 Å². The van der Waals surface area contributed by atoms with Crippen LogP contribution in [0.25, 0.3) is 0 Å². The maximum Gasteiger partial charge on any atom is 0.416 e. The van der Waals surface area contributed by atoms with Crippen LogP contribution in [-0.4, -0.2) is 57.1 Å². The zero-order chi connectivity index (χ0) is 29.5. The van der Waals surface area contributed by atoms with Gasteiger partial charge in [-0.2, -0.15) is 13.2 Å². The van der Waals surface area contributed by atoms with E-state index < -0.39 is 27.8 Å². The Hall–Kier alpha value is -3.28. The lowest BCUT2D eigenvalue weighted by molar-refractivity contribution is -0.141. The number of carbonyl (C=O) groups excluding carboxylic acids is 2.